The summed E-state index contributed by atoms with van der Waals surface area (Å²) >= 11 is 1.09. The molecule has 0 saturated carbocycles. The SMILES string of the molecule is C[C@@H]1CN([C@@H](C)CO)C(=O)Cc2cc(NS(=O)(=O)c3cccs3)ccc2O[C@@H]1CN(C)S(=O)(=O)c1ccccc1. The fourth-order valence-corrected chi connectivity index (χ4v) is 7.70. The normalized spacial score (nSPS) is 19.2. The molecule has 0 radical (unpaired) electrons. The Labute approximate surface area is 239 Å². The van der Waals surface area contributed by atoms with Gasteiger partial charge in [-0.2, -0.15) is 4.31 Å². The highest BCUT2D eigenvalue weighted by atomic mass is 32.2. The molecule has 0 bridgehead atoms. The van der Waals surface area contributed by atoms with Gasteiger partial charge in [0.1, 0.15) is 16.1 Å². The maximum atomic E-state index is 13.4. The third-order valence-electron chi connectivity index (χ3n) is 6.82. The van der Waals surface area contributed by atoms with Gasteiger partial charge >= 0.3 is 0 Å². The van der Waals surface area contributed by atoms with Gasteiger partial charge in [0.15, 0.2) is 0 Å². The Bertz CT molecular complexity index is 1530. The number of benzene rings is 2. The number of thiophene rings is 1. The van der Waals surface area contributed by atoms with Crippen LogP contribution in [0, 0.1) is 5.92 Å². The number of rotatable bonds is 9. The Balaban J connectivity index is 1.68. The molecule has 0 saturated heterocycles. The Hall–Kier alpha value is -2.97. The van der Waals surface area contributed by atoms with Gasteiger partial charge in [0.25, 0.3) is 10.0 Å². The Kier molecular flexibility index (Phi) is 9.20. The molecule has 13 heteroatoms. The number of anilines is 1. The number of sulfonamides is 2. The average molecular weight is 608 g/mol. The van der Waals surface area contributed by atoms with Gasteiger partial charge in [-0.25, -0.2) is 16.8 Å². The molecule has 0 unspecified atom stereocenters. The van der Waals surface area contributed by atoms with E-state index in [1.54, 1.807) is 59.7 Å². The molecule has 1 amide bonds. The maximum absolute atomic E-state index is 13.4. The van der Waals surface area contributed by atoms with E-state index in [-0.39, 0.29) is 52.7 Å². The number of carbonyl (C=O) groups is 1. The third-order valence-corrected chi connectivity index (χ3v) is 11.4. The number of likely N-dealkylation sites (N-methyl/N-ethyl adjacent to an activating group) is 1. The molecule has 3 atom stereocenters. The molecule has 1 aliphatic rings. The molecular formula is C27H33N3O7S3. The van der Waals surface area contributed by atoms with Gasteiger partial charge in [-0.3, -0.25) is 9.52 Å². The van der Waals surface area contributed by atoms with Crippen LogP contribution in [0.5, 0.6) is 5.75 Å². The maximum Gasteiger partial charge on any atom is 0.271 e. The van der Waals surface area contributed by atoms with Crippen molar-refractivity contribution in [3.8, 4) is 5.75 Å². The highest BCUT2D eigenvalue weighted by Crippen LogP contribution is 2.31. The monoisotopic (exact) mass is 607 g/mol. The zero-order chi connectivity index (χ0) is 29.1. The number of carbonyl (C=O) groups excluding carboxylic acids is 1. The van der Waals surface area contributed by atoms with Crippen LogP contribution in [0.15, 0.2) is 75.1 Å². The predicted octanol–water partition coefficient (Wildman–Crippen LogP) is 3.02. The number of ether oxygens (including phenoxy) is 1. The third kappa shape index (κ3) is 6.66. The molecule has 0 spiro atoms. The number of amides is 1. The van der Waals surface area contributed by atoms with Gasteiger partial charge in [0, 0.05) is 30.8 Å². The van der Waals surface area contributed by atoms with Crippen molar-refractivity contribution in [2.24, 2.45) is 5.92 Å². The summed E-state index contributed by atoms with van der Waals surface area (Å²) in [4.78, 5) is 15.1. The quantitative estimate of drug-likeness (QED) is 0.382. The summed E-state index contributed by atoms with van der Waals surface area (Å²) in [5.41, 5.74) is 0.706. The first-order valence-corrected chi connectivity index (χ1v) is 16.5. The first-order valence-electron chi connectivity index (χ1n) is 12.7. The molecule has 4 rings (SSSR count). The Morgan fingerprint density at radius 1 is 1.12 bits per heavy atom. The van der Waals surface area contributed by atoms with Crippen molar-refractivity contribution in [3.05, 3.63) is 71.6 Å². The zero-order valence-electron chi connectivity index (χ0n) is 22.4. The largest absolute Gasteiger partial charge is 0.488 e. The van der Waals surface area contributed by atoms with Crippen LogP contribution in [0.3, 0.4) is 0 Å². The molecule has 10 nitrogen and oxygen atoms in total. The first kappa shape index (κ1) is 30.0. The van der Waals surface area contributed by atoms with Crippen LogP contribution >= 0.6 is 11.3 Å². The molecule has 2 heterocycles. The minimum Gasteiger partial charge on any atom is -0.488 e. The van der Waals surface area contributed by atoms with E-state index < -0.39 is 32.2 Å². The van der Waals surface area contributed by atoms with Crippen LogP contribution in [0.1, 0.15) is 19.4 Å². The topological polar surface area (TPSA) is 133 Å². The summed E-state index contributed by atoms with van der Waals surface area (Å²) in [6.45, 7) is 3.58. The van der Waals surface area contributed by atoms with Crippen molar-refractivity contribution in [2.45, 2.75) is 41.5 Å². The molecule has 1 aromatic heterocycles. The summed E-state index contributed by atoms with van der Waals surface area (Å²) in [7, 11) is -6.14. The van der Waals surface area contributed by atoms with Crippen LogP contribution in [-0.2, 0) is 31.3 Å². The minimum atomic E-state index is -3.81. The van der Waals surface area contributed by atoms with Crippen LogP contribution < -0.4 is 9.46 Å². The van der Waals surface area contributed by atoms with Crippen LogP contribution in [-0.4, -0.2) is 75.9 Å². The Morgan fingerprint density at radius 2 is 1.85 bits per heavy atom. The van der Waals surface area contributed by atoms with Crippen LogP contribution in [0.4, 0.5) is 5.69 Å². The van der Waals surface area contributed by atoms with Gasteiger partial charge in [-0.15, -0.1) is 11.3 Å². The van der Waals surface area contributed by atoms with Crippen molar-refractivity contribution in [2.75, 3.05) is 31.5 Å². The van der Waals surface area contributed by atoms with E-state index in [0.29, 0.717) is 11.3 Å². The lowest BCUT2D eigenvalue weighted by molar-refractivity contribution is -0.134. The lowest BCUT2D eigenvalue weighted by Crippen LogP contribution is -2.48. The summed E-state index contributed by atoms with van der Waals surface area (Å²) < 4.78 is 62.3. The molecule has 216 valence electrons. The molecule has 1 aliphatic heterocycles. The lowest BCUT2D eigenvalue weighted by atomic mass is 10.0. The molecule has 40 heavy (non-hydrogen) atoms. The predicted molar refractivity (Wildman–Crippen MR) is 153 cm³/mol. The second-order valence-electron chi connectivity index (χ2n) is 9.85. The van der Waals surface area contributed by atoms with E-state index in [2.05, 4.69) is 4.72 Å². The van der Waals surface area contributed by atoms with Crippen molar-refractivity contribution in [1.29, 1.82) is 0 Å². The summed E-state index contributed by atoms with van der Waals surface area (Å²) in [5.74, 6) is -0.218. The molecular weight excluding hydrogens is 575 g/mol. The van der Waals surface area contributed by atoms with Gasteiger partial charge in [0.05, 0.1) is 30.5 Å². The average Bonchev–Trinajstić information content (AvgIpc) is 3.49. The van der Waals surface area contributed by atoms with Gasteiger partial charge in [0.2, 0.25) is 15.9 Å². The van der Waals surface area contributed by atoms with Crippen molar-refractivity contribution in [1.82, 2.24) is 9.21 Å². The minimum absolute atomic E-state index is 0.000128. The fraction of sp³-hybridized carbons (Fsp3) is 0.370. The molecule has 3 aromatic rings. The number of nitrogens with zero attached hydrogens (tertiary/aromatic N) is 2. The van der Waals surface area contributed by atoms with E-state index in [9.17, 15) is 26.7 Å². The molecule has 2 N–H and O–H groups in total. The van der Waals surface area contributed by atoms with Gasteiger partial charge in [-0.1, -0.05) is 31.2 Å². The van der Waals surface area contributed by atoms with E-state index in [4.69, 9.17) is 4.74 Å². The number of aliphatic hydroxyl groups excluding tert-OH is 1. The van der Waals surface area contributed by atoms with Crippen LogP contribution in [0.2, 0.25) is 0 Å². The van der Waals surface area contributed by atoms with E-state index in [1.165, 1.54) is 29.6 Å². The highest BCUT2D eigenvalue weighted by molar-refractivity contribution is 7.94. The molecule has 0 aliphatic carbocycles. The van der Waals surface area contributed by atoms with Crippen molar-refractivity contribution < 1.29 is 31.5 Å². The van der Waals surface area contributed by atoms with E-state index in [1.807, 2.05) is 6.92 Å². The summed E-state index contributed by atoms with van der Waals surface area (Å²) in [5, 5.41) is 11.5. The standard InChI is InChI=1S/C27H33N3O7S3/c1-19-16-30(20(2)18-31)26(32)15-21-14-22(28-39(33,34)27-10-7-13-38-27)11-12-24(21)37-25(19)17-29(3)40(35,36)23-8-5-4-6-9-23/h4-14,19-20,25,28,31H,15-18H2,1-3H3/t19-,20+,25-/m1/s1. The number of aliphatic hydroxyl groups is 1. The highest BCUT2D eigenvalue weighted by Gasteiger charge is 2.33. The van der Waals surface area contributed by atoms with E-state index >= 15 is 0 Å². The number of hydrogen-bond acceptors (Lipinski definition) is 8. The van der Waals surface area contributed by atoms with Crippen molar-refractivity contribution in [3.63, 3.8) is 0 Å². The number of nitrogens with one attached hydrogen (secondary N) is 1. The van der Waals surface area contributed by atoms with E-state index in [0.717, 1.165) is 11.3 Å². The number of fused-ring (bicyclic) bond motifs is 1. The van der Waals surface area contributed by atoms with Gasteiger partial charge < -0.3 is 14.7 Å². The second-order valence-corrected chi connectivity index (χ2v) is 14.7. The molecule has 0 fully saturated rings. The fourth-order valence-electron chi connectivity index (χ4n) is 4.46. The van der Waals surface area contributed by atoms with Gasteiger partial charge in [-0.05, 0) is 48.7 Å². The summed E-state index contributed by atoms with van der Waals surface area (Å²) in [6, 6.07) is 15.4. The van der Waals surface area contributed by atoms with Crippen LogP contribution in [0.25, 0.3) is 0 Å². The smallest absolute Gasteiger partial charge is 0.271 e. The lowest BCUT2D eigenvalue weighted by Gasteiger charge is -2.33. The van der Waals surface area contributed by atoms with Crippen molar-refractivity contribution >= 4 is 43.0 Å². The summed E-state index contributed by atoms with van der Waals surface area (Å²) in [6.07, 6.45) is -0.749. The first-order chi connectivity index (χ1) is 18.9. The molecule has 2 aromatic carbocycles. The second kappa shape index (κ2) is 12.3. The zero-order valence-corrected chi connectivity index (χ0v) is 24.9. The Morgan fingerprint density at radius 3 is 2.50 bits per heavy atom. The number of hydrogen-bond donors (Lipinski definition) is 2.